The van der Waals surface area contributed by atoms with Crippen molar-refractivity contribution in [1.29, 1.82) is 0 Å². The molecule has 0 saturated carbocycles. The van der Waals surface area contributed by atoms with E-state index in [-0.39, 0.29) is 23.0 Å². The van der Waals surface area contributed by atoms with Gasteiger partial charge >= 0.3 is 0 Å². The summed E-state index contributed by atoms with van der Waals surface area (Å²) >= 11 is 1.67. The highest BCUT2D eigenvalue weighted by Gasteiger charge is 2.32. The van der Waals surface area contributed by atoms with Crippen LogP contribution in [0.2, 0.25) is 0 Å². The second-order valence-electron chi connectivity index (χ2n) is 6.41. The van der Waals surface area contributed by atoms with Crippen LogP contribution < -0.4 is 4.90 Å². The van der Waals surface area contributed by atoms with Crippen molar-refractivity contribution in [1.82, 2.24) is 19.9 Å². The van der Waals surface area contributed by atoms with Crippen molar-refractivity contribution in [3.8, 4) is 0 Å². The molecule has 0 amide bonds. The number of ketones is 2. The van der Waals surface area contributed by atoms with Gasteiger partial charge in [0, 0.05) is 44.6 Å². The van der Waals surface area contributed by atoms with Crippen molar-refractivity contribution in [2.45, 2.75) is 0 Å². The Balaban J connectivity index is 1.35. The van der Waals surface area contributed by atoms with E-state index in [1.165, 1.54) is 23.2 Å². The smallest absolute Gasteiger partial charge is 0.229 e. The average molecular weight is 377 g/mol. The Morgan fingerprint density at radius 3 is 2.37 bits per heavy atom. The number of benzene rings is 1. The van der Waals surface area contributed by atoms with E-state index in [0.717, 1.165) is 23.7 Å². The molecule has 2 aromatic heterocycles. The van der Waals surface area contributed by atoms with Crippen LogP contribution in [0.25, 0.3) is 10.2 Å². The van der Waals surface area contributed by atoms with Gasteiger partial charge < -0.3 is 9.80 Å². The zero-order valence-electron chi connectivity index (χ0n) is 14.3. The van der Waals surface area contributed by atoms with Gasteiger partial charge in [-0.05, 0) is 12.1 Å². The summed E-state index contributed by atoms with van der Waals surface area (Å²) in [6.07, 6.45) is 4.27. The van der Waals surface area contributed by atoms with Gasteiger partial charge in [-0.25, -0.2) is 15.0 Å². The Labute approximate surface area is 159 Å². The summed E-state index contributed by atoms with van der Waals surface area (Å²) in [7, 11) is 0. The van der Waals surface area contributed by atoms with E-state index < -0.39 is 0 Å². The lowest BCUT2D eigenvalue weighted by atomic mass is 10.0. The summed E-state index contributed by atoms with van der Waals surface area (Å²) in [6.45, 7) is 2.78. The zero-order valence-corrected chi connectivity index (χ0v) is 15.1. The Bertz CT molecular complexity index is 1070. The van der Waals surface area contributed by atoms with Crippen molar-refractivity contribution < 1.29 is 9.59 Å². The van der Waals surface area contributed by atoms with Crippen LogP contribution in [0.15, 0.2) is 48.4 Å². The topological polar surface area (TPSA) is 79.3 Å². The first-order chi connectivity index (χ1) is 13.2. The molecule has 1 saturated heterocycles. The van der Waals surface area contributed by atoms with Crippen LogP contribution in [-0.2, 0) is 0 Å². The van der Waals surface area contributed by atoms with E-state index in [2.05, 4.69) is 20.9 Å². The van der Waals surface area contributed by atoms with Gasteiger partial charge in [0.05, 0.1) is 15.9 Å². The van der Waals surface area contributed by atoms with Gasteiger partial charge in [0.25, 0.3) is 0 Å². The minimum absolute atomic E-state index is 0.138. The van der Waals surface area contributed by atoms with Crippen molar-refractivity contribution in [3.63, 3.8) is 0 Å². The van der Waals surface area contributed by atoms with E-state index in [9.17, 15) is 9.59 Å². The lowest BCUT2D eigenvalue weighted by Crippen LogP contribution is -2.47. The SMILES string of the molecule is O=C1C=C(N2CCN(c3nc4ccccc4s3)CC2)C(=O)c2nccnc21. The Morgan fingerprint density at radius 1 is 0.889 bits per heavy atom. The predicted octanol–water partition coefficient (Wildman–Crippen LogP) is 2.17. The summed E-state index contributed by atoms with van der Waals surface area (Å²) in [6, 6.07) is 8.09. The fraction of sp³-hybridized carbons (Fsp3) is 0.211. The van der Waals surface area contributed by atoms with Gasteiger partial charge in [-0.15, -0.1) is 0 Å². The third-order valence-corrected chi connectivity index (χ3v) is 5.92. The molecule has 0 spiro atoms. The predicted molar refractivity (Wildman–Crippen MR) is 102 cm³/mol. The number of aromatic nitrogens is 3. The van der Waals surface area contributed by atoms with Crippen molar-refractivity contribution in [2.24, 2.45) is 0 Å². The molecule has 1 aromatic carbocycles. The third kappa shape index (κ3) is 2.69. The molecular weight excluding hydrogens is 362 g/mol. The van der Waals surface area contributed by atoms with Crippen LogP contribution in [0, 0.1) is 0 Å². The number of Topliss-reactive ketones (excluding diaryl/α,β-unsaturated/α-hetero) is 1. The Morgan fingerprint density at radius 2 is 1.59 bits per heavy atom. The van der Waals surface area contributed by atoms with E-state index in [4.69, 9.17) is 4.98 Å². The number of hydrogen-bond acceptors (Lipinski definition) is 8. The molecule has 8 heteroatoms. The van der Waals surface area contributed by atoms with Gasteiger partial charge in [0.15, 0.2) is 5.13 Å². The monoisotopic (exact) mass is 377 g/mol. The molecular formula is C19H15N5O2S. The van der Waals surface area contributed by atoms with Crippen molar-refractivity contribution in [2.75, 3.05) is 31.1 Å². The zero-order chi connectivity index (χ0) is 18.4. The molecule has 3 aromatic rings. The number of carbonyl (C=O) groups is 2. The fourth-order valence-electron chi connectivity index (χ4n) is 3.43. The maximum Gasteiger partial charge on any atom is 0.229 e. The van der Waals surface area contributed by atoms with Gasteiger partial charge in [0.2, 0.25) is 11.6 Å². The van der Waals surface area contributed by atoms with E-state index in [1.807, 2.05) is 23.1 Å². The quantitative estimate of drug-likeness (QED) is 0.677. The molecule has 7 nitrogen and oxygen atoms in total. The van der Waals surface area contributed by atoms with Crippen molar-refractivity contribution >= 4 is 38.3 Å². The fourth-order valence-corrected chi connectivity index (χ4v) is 4.45. The largest absolute Gasteiger partial charge is 0.365 e. The molecule has 2 aliphatic rings. The van der Waals surface area contributed by atoms with Crippen LogP contribution in [0.1, 0.15) is 21.0 Å². The number of fused-ring (bicyclic) bond motifs is 2. The van der Waals surface area contributed by atoms with E-state index in [0.29, 0.717) is 18.8 Å². The first-order valence-electron chi connectivity index (χ1n) is 8.68. The normalized spacial score (nSPS) is 17.3. The lowest BCUT2D eigenvalue weighted by molar-refractivity contribution is 0.0941. The molecule has 0 bridgehead atoms. The third-order valence-electron chi connectivity index (χ3n) is 4.82. The summed E-state index contributed by atoms with van der Waals surface area (Å²) in [5.74, 6) is -0.493. The summed E-state index contributed by atoms with van der Waals surface area (Å²) in [5, 5.41) is 0.993. The summed E-state index contributed by atoms with van der Waals surface area (Å²) in [4.78, 5) is 42.0. The van der Waals surface area contributed by atoms with Crippen LogP contribution >= 0.6 is 11.3 Å². The number of thiazole rings is 1. The molecule has 27 heavy (non-hydrogen) atoms. The number of allylic oxidation sites excluding steroid dienone is 2. The highest BCUT2D eigenvalue weighted by molar-refractivity contribution is 7.22. The van der Waals surface area contributed by atoms with Crippen LogP contribution in [-0.4, -0.2) is 57.6 Å². The highest BCUT2D eigenvalue weighted by Crippen LogP contribution is 2.30. The van der Waals surface area contributed by atoms with E-state index in [1.54, 1.807) is 11.3 Å². The Hall–Kier alpha value is -3.13. The molecule has 0 atom stereocenters. The first kappa shape index (κ1) is 16.1. The van der Waals surface area contributed by atoms with Crippen LogP contribution in [0.4, 0.5) is 5.13 Å². The second kappa shape index (κ2) is 6.24. The van der Waals surface area contributed by atoms with Gasteiger partial charge in [-0.3, -0.25) is 9.59 Å². The number of para-hydroxylation sites is 1. The number of piperazine rings is 1. The molecule has 134 valence electrons. The van der Waals surface area contributed by atoms with E-state index >= 15 is 0 Å². The number of anilines is 1. The molecule has 0 N–H and O–H groups in total. The minimum Gasteiger partial charge on any atom is -0.365 e. The number of nitrogens with zero attached hydrogens (tertiary/aromatic N) is 5. The maximum absolute atomic E-state index is 12.7. The molecule has 0 radical (unpaired) electrons. The molecule has 5 rings (SSSR count). The lowest BCUT2D eigenvalue weighted by Gasteiger charge is -2.37. The highest BCUT2D eigenvalue weighted by atomic mass is 32.1. The number of hydrogen-bond donors (Lipinski definition) is 0. The van der Waals surface area contributed by atoms with Crippen LogP contribution in [0.3, 0.4) is 0 Å². The number of rotatable bonds is 2. The molecule has 1 aliphatic heterocycles. The van der Waals surface area contributed by atoms with Crippen LogP contribution in [0.5, 0.6) is 0 Å². The standard InChI is InChI=1S/C19H15N5O2S/c25-14-11-13(18(26)17-16(14)20-5-6-21-17)23-7-9-24(10-8-23)19-22-12-3-1-2-4-15(12)27-19/h1-6,11H,7-10H2. The van der Waals surface area contributed by atoms with Gasteiger partial charge in [-0.2, -0.15) is 0 Å². The van der Waals surface area contributed by atoms with Gasteiger partial charge in [-0.1, -0.05) is 23.5 Å². The summed E-state index contributed by atoms with van der Waals surface area (Å²) in [5.41, 5.74) is 1.70. The number of carbonyl (C=O) groups excluding carboxylic acids is 2. The Kier molecular flexibility index (Phi) is 3.71. The molecule has 3 heterocycles. The average Bonchev–Trinajstić information content (AvgIpc) is 3.15. The van der Waals surface area contributed by atoms with Gasteiger partial charge in [0.1, 0.15) is 11.4 Å². The maximum atomic E-state index is 12.7. The molecule has 1 fully saturated rings. The molecule has 1 aliphatic carbocycles. The van der Waals surface area contributed by atoms with Crippen molar-refractivity contribution in [3.05, 3.63) is 59.8 Å². The molecule has 0 unspecified atom stereocenters. The first-order valence-corrected chi connectivity index (χ1v) is 9.49. The summed E-state index contributed by atoms with van der Waals surface area (Å²) < 4.78 is 1.17. The second-order valence-corrected chi connectivity index (χ2v) is 7.42. The minimum atomic E-state index is -0.263.